The fourth-order valence-corrected chi connectivity index (χ4v) is 4.50. The Labute approximate surface area is 172 Å². The molecule has 0 unspecified atom stereocenters. The van der Waals surface area contributed by atoms with Gasteiger partial charge in [0.25, 0.3) is 0 Å². The molecule has 1 aromatic carbocycles. The molecule has 8 heteroatoms. The second-order valence-corrected chi connectivity index (χ2v) is 7.78. The highest BCUT2D eigenvalue weighted by Gasteiger charge is 2.39. The van der Waals surface area contributed by atoms with Gasteiger partial charge in [0.15, 0.2) is 11.5 Å². The van der Waals surface area contributed by atoms with Gasteiger partial charge in [-0.25, -0.2) is 4.98 Å². The van der Waals surface area contributed by atoms with Gasteiger partial charge in [0.05, 0.1) is 12.1 Å². The standard InChI is InChI=1S/C21H24F2N2O3S/c1-3-27-17-12-15(6-8-16(17)28-20(22)23)7-9-18(26)25-21(10-4-5-11-21)19-24-14(2)13-29-19/h6-9,12-13,20H,3-5,10-11H2,1-2H3,(H,25,26). The number of hydrogen-bond donors (Lipinski definition) is 1. The zero-order valence-electron chi connectivity index (χ0n) is 16.4. The van der Waals surface area contributed by atoms with Crippen molar-refractivity contribution in [3.63, 3.8) is 0 Å². The van der Waals surface area contributed by atoms with Crippen molar-refractivity contribution in [3.05, 3.63) is 45.9 Å². The molecule has 1 aliphatic rings. The Kier molecular flexibility index (Phi) is 6.84. The fourth-order valence-electron chi connectivity index (χ4n) is 3.48. The molecule has 0 aliphatic heterocycles. The van der Waals surface area contributed by atoms with Crippen LogP contribution in [0.4, 0.5) is 8.78 Å². The molecule has 156 valence electrons. The molecule has 1 aromatic heterocycles. The molecule has 3 rings (SSSR count). The van der Waals surface area contributed by atoms with Gasteiger partial charge in [0.2, 0.25) is 5.91 Å². The third-order valence-corrected chi connectivity index (χ3v) is 5.92. The lowest BCUT2D eigenvalue weighted by Crippen LogP contribution is -2.43. The van der Waals surface area contributed by atoms with Crippen LogP contribution in [0.2, 0.25) is 0 Å². The topological polar surface area (TPSA) is 60.5 Å². The Bertz CT molecular complexity index is 877. The van der Waals surface area contributed by atoms with Crippen molar-refractivity contribution in [3.8, 4) is 11.5 Å². The molecule has 2 aromatic rings. The Morgan fingerprint density at radius 3 is 2.72 bits per heavy atom. The summed E-state index contributed by atoms with van der Waals surface area (Å²) in [4.78, 5) is 17.2. The summed E-state index contributed by atoms with van der Waals surface area (Å²) >= 11 is 1.57. The number of alkyl halides is 2. The number of hydrogen-bond acceptors (Lipinski definition) is 5. The summed E-state index contributed by atoms with van der Waals surface area (Å²) in [6, 6.07) is 4.57. The van der Waals surface area contributed by atoms with E-state index in [1.807, 2.05) is 12.3 Å². The van der Waals surface area contributed by atoms with E-state index in [2.05, 4.69) is 15.0 Å². The Balaban J connectivity index is 1.73. The van der Waals surface area contributed by atoms with Gasteiger partial charge < -0.3 is 14.8 Å². The highest BCUT2D eigenvalue weighted by molar-refractivity contribution is 7.09. The molecular formula is C21H24F2N2O3S. The number of ether oxygens (including phenoxy) is 2. The molecule has 1 fully saturated rings. The third-order valence-electron chi connectivity index (χ3n) is 4.76. The van der Waals surface area contributed by atoms with Crippen molar-refractivity contribution >= 4 is 23.3 Å². The first kappa shape index (κ1) is 21.2. The molecule has 1 saturated carbocycles. The molecule has 0 bridgehead atoms. The summed E-state index contributed by atoms with van der Waals surface area (Å²) < 4.78 is 34.9. The van der Waals surface area contributed by atoms with Crippen LogP contribution in [-0.4, -0.2) is 24.1 Å². The van der Waals surface area contributed by atoms with Gasteiger partial charge in [-0.05, 0) is 50.5 Å². The number of nitrogens with zero attached hydrogens (tertiary/aromatic N) is 1. The predicted molar refractivity (Wildman–Crippen MR) is 108 cm³/mol. The van der Waals surface area contributed by atoms with Gasteiger partial charge >= 0.3 is 6.61 Å². The van der Waals surface area contributed by atoms with E-state index >= 15 is 0 Å². The van der Waals surface area contributed by atoms with E-state index in [1.54, 1.807) is 36.5 Å². The van der Waals surface area contributed by atoms with Crippen molar-refractivity contribution in [2.24, 2.45) is 0 Å². The van der Waals surface area contributed by atoms with E-state index in [0.717, 1.165) is 36.4 Å². The Morgan fingerprint density at radius 2 is 2.10 bits per heavy atom. The van der Waals surface area contributed by atoms with Crippen molar-refractivity contribution < 1.29 is 23.0 Å². The average Bonchev–Trinajstić information content (AvgIpc) is 3.32. The number of amides is 1. The molecule has 1 heterocycles. The number of aryl methyl sites for hydroxylation is 1. The van der Waals surface area contributed by atoms with Crippen LogP contribution in [0.25, 0.3) is 6.08 Å². The number of carbonyl (C=O) groups excluding carboxylic acids is 1. The minimum absolute atomic E-state index is 0.0347. The minimum Gasteiger partial charge on any atom is -0.490 e. The van der Waals surface area contributed by atoms with Crippen molar-refractivity contribution in [2.75, 3.05) is 6.61 Å². The molecule has 0 radical (unpaired) electrons. The normalized spacial score (nSPS) is 15.8. The van der Waals surface area contributed by atoms with Gasteiger partial charge in [0, 0.05) is 17.2 Å². The maximum absolute atomic E-state index is 12.6. The number of thiazole rings is 1. The molecule has 1 amide bonds. The van der Waals surface area contributed by atoms with E-state index in [4.69, 9.17) is 4.74 Å². The lowest BCUT2D eigenvalue weighted by atomic mass is 9.98. The summed E-state index contributed by atoms with van der Waals surface area (Å²) in [6.07, 6.45) is 6.90. The summed E-state index contributed by atoms with van der Waals surface area (Å²) in [7, 11) is 0. The van der Waals surface area contributed by atoms with E-state index in [0.29, 0.717) is 12.2 Å². The van der Waals surface area contributed by atoms with Crippen molar-refractivity contribution in [1.82, 2.24) is 10.3 Å². The van der Waals surface area contributed by atoms with Crippen LogP contribution in [0.5, 0.6) is 11.5 Å². The van der Waals surface area contributed by atoms with E-state index in [1.165, 1.54) is 12.1 Å². The Hall–Kier alpha value is -2.48. The minimum atomic E-state index is -2.93. The summed E-state index contributed by atoms with van der Waals surface area (Å²) in [5, 5.41) is 6.08. The van der Waals surface area contributed by atoms with Gasteiger partial charge in [-0.1, -0.05) is 18.9 Å². The lowest BCUT2D eigenvalue weighted by molar-refractivity contribution is -0.118. The maximum Gasteiger partial charge on any atom is 0.387 e. The van der Waals surface area contributed by atoms with Crippen LogP contribution in [0.1, 0.15) is 48.9 Å². The van der Waals surface area contributed by atoms with Crippen LogP contribution in [0, 0.1) is 6.92 Å². The molecule has 1 N–H and O–H groups in total. The average molecular weight is 422 g/mol. The Morgan fingerprint density at radius 1 is 1.34 bits per heavy atom. The summed E-state index contributed by atoms with van der Waals surface area (Å²) in [6.45, 7) is 1.08. The van der Waals surface area contributed by atoms with Crippen molar-refractivity contribution in [2.45, 2.75) is 51.7 Å². The zero-order valence-corrected chi connectivity index (χ0v) is 17.2. The number of rotatable bonds is 8. The van der Waals surface area contributed by atoms with Crippen LogP contribution < -0.4 is 14.8 Å². The highest BCUT2D eigenvalue weighted by atomic mass is 32.1. The molecule has 1 aliphatic carbocycles. The highest BCUT2D eigenvalue weighted by Crippen LogP contribution is 2.40. The first-order valence-electron chi connectivity index (χ1n) is 9.56. The maximum atomic E-state index is 12.6. The smallest absolute Gasteiger partial charge is 0.387 e. The summed E-state index contributed by atoms with van der Waals surface area (Å²) in [5.74, 6) is -0.0426. The largest absolute Gasteiger partial charge is 0.490 e. The van der Waals surface area contributed by atoms with E-state index in [9.17, 15) is 13.6 Å². The fraction of sp³-hybridized carbons (Fsp3) is 0.429. The number of nitrogens with one attached hydrogen (secondary N) is 1. The summed E-state index contributed by atoms with van der Waals surface area (Å²) in [5.41, 5.74) is 1.19. The SMILES string of the molecule is CCOc1cc(C=CC(=O)NC2(c3nc(C)cs3)CCCC2)ccc1OC(F)F. The molecule has 5 nitrogen and oxygen atoms in total. The molecule has 0 spiro atoms. The number of benzene rings is 1. The zero-order chi connectivity index (χ0) is 20.9. The van der Waals surface area contributed by atoms with Gasteiger partial charge in [-0.3, -0.25) is 4.79 Å². The second kappa shape index (κ2) is 9.35. The number of halogens is 2. The lowest BCUT2D eigenvalue weighted by Gasteiger charge is -2.27. The monoisotopic (exact) mass is 422 g/mol. The first-order chi connectivity index (χ1) is 13.9. The van der Waals surface area contributed by atoms with Crippen LogP contribution in [-0.2, 0) is 10.3 Å². The van der Waals surface area contributed by atoms with Crippen LogP contribution >= 0.6 is 11.3 Å². The second-order valence-electron chi connectivity index (χ2n) is 6.92. The van der Waals surface area contributed by atoms with E-state index < -0.39 is 12.2 Å². The number of carbonyl (C=O) groups is 1. The quantitative estimate of drug-likeness (QED) is 0.605. The third kappa shape index (κ3) is 5.32. The van der Waals surface area contributed by atoms with E-state index in [-0.39, 0.29) is 17.4 Å². The molecule has 0 saturated heterocycles. The molecule has 0 atom stereocenters. The van der Waals surface area contributed by atoms with Crippen LogP contribution in [0.3, 0.4) is 0 Å². The first-order valence-corrected chi connectivity index (χ1v) is 10.4. The van der Waals surface area contributed by atoms with Crippen LogP contribution in [0.15, 0.2) is 29.7 Å². The molecule has 29 heavy (non-hydrogen) atoms. The molecular weight excluding hydrogens is 398 g/mol. The van der Waals surface area contributed by atoms with Gasteiger partial charge in [0.1, 0.15) is 5.01 Å². The number of aromatic nitrogens is 1. The van der Waals surface area contributed by atoms with Gasteiger partial charge in [-0.2, -0.15) is 8.78 Å². The predicted octanol–water partition coefficient (Wildman–Crippen LogP) is 5.05. The van der Waals surface area contributed by atoms with Crippen molar-refractivity contribution in [1.29, 1.82) is 0 Å². The van der Waals surface area contributed by atoms with Gasteiger partial charge in [-0.15, -0.1) is 11.3 Å².